The second kappa shape index (κ2) is 6.71. The molecule has 4 rings (SSSR count). The minimum absolute atomic E-state index is 0.779. The Balaban J connectivity index is 1.78. The van der Waals surface area contributed by atoms with Crippen LogP contribution in [0.5, 0.6) is 0 Å². The van der Waals surface area contributed by atoms with E-state index in [1.165, 1.54) is 9.75 Å². The molecule has 4 aromatic rings. The normalized spacial score (nSPS) is 11.0. The van der Waals surface area contributed by atoms with Crippen LogP contribution in [0.2, 0.25) is 0 Å². The molecular weight excluding hydrogens is 334 g/mol. The van der Waals surface area contributed by atoms with Crippen LogP contribution in [0, 0.1) is 0 Å². The minimum atomic E-state index is 0.779. The molecule has 0 saturated heterocycles. The Hall–Kier alpha value is -2.24. The molecule has 3 nitrogen and oxygen atoms in total. The van der Waals surface area contributed by atoms with Crippen LogP contribution < -0.4 is 5.32 Å². The largest absolute Gasteiger partial charge is 0.365 e. The molecule has 0 bridgehead atoms. The molecule has 24 heavy (non-hydrogen) atoms. The van der Waals surface area contributed by atoms with Crippen molar-refractivity contribution in [1.29, 1.82) is 0 Å². The Bertz CT molecular complexity index is 944. The summed E-state index contributed by atoms with van der Waals surface area (Å²) in [5, 5.41) is 6.72. The number of hydrogen-bond donors (Lipinski definition) is 1. The molecule has 0 aliphatic heterocycles. The first-order valence-electron chi connectivity index (χ1n) is 7.95. The molecule has 0 atom stereocenters. The van der Waals surface area contributed by atoms with Crippen molar-refractivity contribution >= 4 is 38.7 Å². The van der Waals surface area contributed by atoms with Crippen LogP contribution in [0.3, 0.4) is 0 Å². The summed E-state index contributed by atoms with van der Waals surface area (Å²) in [6, 6.07) is 16.6. The number of thiophene rings is 2. The van der Waals surface area contributed by atoms with Gasteiger partial charge in [0.15, 0.2) is 5.82 Å². The van der Waals surface area contributed by atoms with E-state index in [4.69, 9.17) is 9.97 Å². The number of nitrogens with one attached hydrogen (secondary N) is 1. The van der Waals surface area contributed by atoms with Crippen molar-refractivity contribution in [3.63, 3.8) is 0 Å². The van der Waals surface area contributed by atoms with Crippen molar-refractivity contribution in [3.8, 4) is 11.4 Å². The van der Waals surface area contributed by atoms with Crippen LogP contribution in [0.15, 0.2) is 53.9 Å². The zero-order valence-corrected chi connectivity index (χ0v) is 15.0. The van der Waals surface area contributed by atoms with E-state index < -0.39 is 0 Å². The standard InChI is InChI=1S/C19H17N3S2/c1-2-14-11-16-18(20-12-15-9-6-10-23-15)21-17(22-19(16)24-14)13-7-4-3-5-8-13/h3-11H,2,12H2,1H3,(H,20,21,22). The monoisotopic (exact) mass is 351 g/mol. The Labute approximate surface area is 149 Å². The SMILES string of the molecule is CCc1cc2c(NCc3cccs3)nc(-c3ccccc3)nc2s1. The molecule has 0 unspecified atom stereocenters. The third-order valence-electron chi connectivity index (χ3n) is 3.83. The summed E-state index contributed by atoms with van der Waals surface area (Å²) in [6.45, 7) is 2.96. The summed E-state index contributed by atoms with van der Waals surface area (Å²) < 4.78 is 0. The predicted octanol–water partition coefficient (Wildman–Crippen LogP) is 5.59. The first-order chi connectivity index (χ1) is 11.8. The number of nitrogens with zero attached hydrogens (tertiary/aromatic N) is 2. The second-order valence-electron chi connectivity index (χ2n) is 5.48. The van der Waals surface area contributed by atoms with E-state index in [2.05, 4.69) is 48.0 Å². The Morgan fingerprint density at radius 2 is 1.88 bits per heavy atom. The van der Waals surface area contributed by atoms with Gasteiger partial charge in [-0.15, -0.1) is 22.7 Å². The predicted molar refractivity (Wildman–Crippen MR) is 104 cm³/mol. The molecule has 0 saturated carbocycles. The number of fused-ring (bicyclic) bond motifs is 1. The van der Waals surface area contributed by atoms with Crippen LogP contribution in [0.1, 0.15) is 16.7 Å². The summed E-state index contributed by atoms with van der Waals surface area (Å²) in [4.78, 5) is 13.3. The van der Waals surface area contributed by atoms with Gasteiger partial charge in [0.2, 0.25) is 0 Å². The highest BCUT2D eigenvalue weighted by molar-refractivity contribution is 7.18. The topological polar surface area (TPSA) is 37.8 Å². The fourth-order valence-electron chi connectivity index (χ4n) is 2.58. The van der Waals surface area contributed by atoms with Crippen LogP contribution >= 0.6 is 22.7 Å². The molecule has 0 fully saturated rings. The lowest BCUT2D eigenvalue weighted by Crippen LogP contribution is -2.02. The summed E-state index contributed by atoms with van der Waals surface area (Å²) in [6.07, 6.45) is 1.02. The van der Waals surface area contributed by atoms with Gasteiger partial charge in [0, 0.05) is 15.3 Å². The van der Waals surface area contributed by atoms with E-state index in [0.29, 0.717) is 0 Å². The number of aryl methyl sites for hydroxylation is 1. The van der Waals surface area contributed by atoms with Gasteiger partial charge >= 0.3 is 0 Å². The van der Waals surface area contributed by atoms with Crippen molar-refractivity contribution in [2.75, 3.05) is 5.32 Å². The summed E-state index contributed by atoms with van der Waals surface area (Å²) in [5.74, 6) is 1.70. The van der Waals surface area contributed by atoms with Crippen LogP contribution in [-0.2, 0) is 13.0 Å². The average Bonchev–Trinajstić information content (AvgIpc) is 3.29. The van der Waals surface area contributed by atoms with E-state index >= 15 is 0 Å². The summed E-state index contributed by atoms with van der Waals surface area (Å²) in [7, 11) is 0. The van der Waals surface area contributed by atoms with E-state index in [1.807, 2.05) is 18.2 Å². The highest BCUT2D eigenvalue weighted by Crippen LogP contribution is 2.32. The van der Waals surface area contributed by atoms with Crippen molar-refractivity contribution in [3.05, 3.63) is 63.7 Å². The molecule has 1 N–H and O–H groups in total. The van der Waals surface area contributed by atoms with Crippen LogP contribution in [0.4, 0.5) is 5.82 Å². The number of anilines is 1. The molecule has 3 heterocycles. The highest BCUT2D eigenvalue weighted by Gasteiger charge is 2.12. The zero-order valence-electron chi connectivity index (χ0n) is 13.3. The lowest BCUT2D eigenvalue weighted by Gasteiger charge is -2.08. The summed E-state index contributed by atoms with van der Waals surface area (Å²) >= 11 is 3.51. The maximum atomic E-state index is 4.81. The first kappa shape index (κ1) is 15.3. The number of benzene rings is 1. The smallest absolute Gasteiger partial charge is 0.163 e. The Morgan fingerprint density at radius 1 is 1.00 bits per heavy atom. The minimum Gasteiger partial charge on any atom is -0.365 e. The molecule has 120 valence electrons. The quantitative estimate of drug-likeness (QED) is 0.509. The third-order valence-corrected chi connectivity index (χ3v) is 5.88. The maximum Gasteiger partial charge on any atom is 0.163 e. The summed E-state index contributed by atoms with van der Waals surface area (Å²) in [5.41, 5.74) is 1.05. The van der Waals surface area contributed by atoms with Gasteiger partial charge in [-0.05, 0) is 23.9 Å². The van der Waals surface area contributed by atoms with Gasteiger partial charge in [-0.2, -0.15) is 0 Å². The van der Waals surface area contributed by atoms with E-state index in [9.17, 15) is 0 Å². The van der Waals surface area contributed by atoms with Crippen molar-refractivity contribution in [2.45, 2.75) is 19.9 Å². The van der Waals surface area contributed by atoms with E-state index in [-0.39, 0.29) is 0 Å². The molecule has 0 aliphatic rings. The fourth-order valence-corrected chi connectivity index (χ4v) is 4.19. The molecule has 0 aliphatic carbocycles. The van der Waals surface area contributed by atoms with Gasteiger partial charge in [0.1, 0.15) is 10.6 Å². The Morgan fingerprint density at radius 3 is 2.62 bits per heavy atom. The fraction of sp³-hybridized carbons (Fsp3) is 0.158. The number of hydrogen-bond acceptors (Lipinski definition) is 5. The van der Waals surface area contributed by atoms with Gasteiger partial charge in [-0.1, -0.05) is 43.3 Å². The van der Waals surface area contributed by atoms with E-state index in [1.54, 1.807) is 22.7 Å². The number of aromatic nitrogens is 2. The maximum absolute atomic E-state index is 4.81. The Kier molecular flexibility index (Phi) is 4.28. The molecule has 1 aromatic carbocycles. The van der Waals surface area contributed by atoms with Crippen LogP contribution in [-0.4, -0.2) is 9.97 Å². The molecule has 5 heteroatoms. The van der Waals surface area contributed by atoms with E-state index in [0.717, 1.165) is 40.4 Å². The number of rotatable bonds is 5. The highest BCUT2D eigenvalue weighted by atomic mass is 32.1. The zero-order chi connectivity index (χ0) is 16.4. The molecule has 0 spiro atoms. The van der Waals surface area contributed by atoms with Crippen molar-refractivity contribution in [2.24, 2.45) is 0 Å². The van der Waals surface area contributed by atoms with Crippen molar-refractivity contribution < 1.29 is 0 Å². The van der Waals surface area contributed by atoms with Crippen LogP contribution in [0.25, 0.3) is 21.6 Å². The van der Waals surface area contributed by atoms with Gasteiger partial charge in [0.05, 0.1) is 11.9 Å². The molecule has 0 radical (unpaired) electrons. The van der Waals surface area contributed by atoms with Gasteiger partial charge in [-0.25, -0.2) is 9.97 Å². The van der Waals surface area contributed by atoms with Gasteiger partial charge in [0.25, 0.3) is 0 Å². The second-order valence-corrected chi connectivity index (χ2v) is 7.63. The first-order valence-corrected chi connectivity index (χ1v) is 9.65. The third kappa shape index (κ3) is 3.05. The van der Waals surface area contributed by atoms with Gasteiger partial charge < -0.3 is 5.32 Å². The van der Waals surface area contributed by atoms with Gasteiger partial charge in [-0.3, -0.25) is 0 Å². The lowest BCUT2D eigenvalue weighted by molar-refractivity contribution is 1.13. The average molecular weight is 352 g/mol. The lowest BCUT2D eigenvalue weighted by atomic mass is 10.2. The molecule has 0 amide bonds. The molecular formula is C19H17N3S2. The van der Waals surface area contributed by atoms with Crippen molar-refractivity contribution in [1.82, 2.24) is 9.97 Å². The molecule has 3 aromatic heterocycles.